The molecule has 0 radical (unpaired) electrons. The molecule has 5 heteroatoms. The SMILES string of the molecule is Cc1ccc2c(c1)[C@H](NC(=O)N(C)C[C@@H]1CCC[C@@H]1O)CCS2. The van der Waals surface area contributed by atoms with Gasteiger partial charge in [-0.3, -0.25) is 0 Å². The lowest BCUT2D eigenvalue weighted by Gasteiger charge is -2.30. The second kappa shape index (κ2) is 7.14. The molecule has 0 aromatic heterocycles. The molecular weight excluding hydrogens is 308 g/mol. The standard InChI is InChI=1S/C18H26N2O2S/c1-12-6-7-17-14(10-12)15(8-9-23-17)19-18(22)20(2)11-13-4-3-5-16(13)21/h6-7,10,13,15-16,21H,3-5,8-9,11H2,1-2H3,(H,19,22)/t13-,15+,16-/m0/s1. The number of urea groups is 1. The topological polar surface area (TPSA) is 52.6 Å². The Morgan fingerprint density at radius 1 is 1.39 bits per heavy atom. The van der Waals surface area contributed by atoms with Crippen LogP contribution in [0.3, 0.4) is 0 Å². The molecule has 126 valence electrons. The van der Waals surface area contributed by atoms with Crippen LogP contribution >= 0.6 is 11.8 Å². The van der Waals surface area contributed by atoms with Crippen LogP contribution in [0.1, 0.15) is 42.9 Å². The maximum Gasteiger partial charge on any atom is 0.317 e. The molecule has 3 rings (SSSR count). The van der Waals surface area contributed by atoms with Crippen molar-refractivity contribution in [1.82, 2.24) is 10.2 Å². The fraction of sp³-hybridized carbons (Fsp3) is 0.611. The second-order valence-corrected chi connectivity index (χ2v) is 7.96. The molecule has 1 heterocycles. The van der Waals surface area contributed by atoms with Crippen molar-refractivity contribution in [2.45, 2.75) is 49.6 Å². The van der Waals surface area contributed by atoms with Gasteiger partial charge in [-0.2, -0.15) is 0 Å². The van der Waals surface area contributed by atoms with Gasteiger partial charge in [-0.25, -0.2) is 4.79 Å². The average molecular weight is 334 g/mol. The van der Waals surface area contributed by atoms with Crippen molar-refractivity contribution < 1.29 is 9.90 Å². The molecule has 1 fully saturated rings. The summed E-state index contributed by atoms with van der Waals surface area (Å²) < 4.78 is 0. The number of rotatable bonds is 3. The molecule has 1 aliphatic carbocycles. The molecule has 3 atom stereocenters. The third-order valence-corrected chi connectivity index (χ3v) is 6.10. The summed E-state index contributed by atoms with van der Waals surface area (Å²) >= 11 is 1.87. The summed E-state index contributed by atoms with van der Waals surface area (Å²) in [4.78, 5) is 15.5. The summed E-state index contributed by atoms with van der Waals surface area (Å²) in [6.45, 7) is 2.72. The van der Waals surface area contributed by atoms with E-state index in [-0.39, 0.29) is 24.1 Å². The van der Waals surface area contributed by atoms with E-state index in [2.05, 4.69) is 30.4 Å². The van der Waals surface area contributed by atoms with Gasteiger partial charge in [0, 0.05) is 30.2 Å². The Labute approximate surface area is 142 Å². The van der Waals surface area contributed by atoms with Crippen LogP contribution in [0.5, 0.6) is 0 Å². The Bertz CT molecular complexity index is 578. The maximum absolute atomic E-state index is 12.5. The van der Waals surface area contributed by atoms with Crippen molar-refractivity contribution in [3.8, 4) is 0 Å². The number of nitrogens with one attached hydrogen (secondary N) is 1. The number of benzene rings is 1. The lowest BCUT2D eigenvalue weighted by atomic mass is 10.0. The minimum Gasteiger partial charge on any atom is -0.393 e. The largest absolute Gasteiger partial charge is 0.393 e. The zero-order valence-electron chi connectivity index (χ0n) is 13.9. The monoisotopic (exact) mass is 334 g/mol. The molecule has 1 aromatic carbocycles. The summed E-state index contributed by atoms with van der Waals surface area (Å²) in [7, 11) is 1.83. The summed E-state index contributed by atoms with van der Waals surface area (Å²) in [6.07, 6.45) is 3.66. The maximum atomic E-state index is 12.5. The molecule has 1 saturated carbocycles. The molecule has 0 bridgehead atoms. The smallest absolute Gasteiger partial charge is 0.317 e. The number of amides is 2. The van der Waals surface area contributed by atoms with Crippen LogP contribution < -0.4 is 5.32 Å². The van der Waals surface area contributed by atoms with Crippen LogP contribution in [0.25, 0.3) is 0 Å². The van der Waals surface area contributed by atoms with E-state index >= 15 is 0 Å². The van der Waals surface area contributed by atoms with E-state index in [1.165, 1.54) is 16.0 Å². The number of nitrogens with zero attached hydrogens (tertiary/aromatic N) is 1. The lowest BCUT2D eigenvalue weighted by Crippen LogP contribution is -2.43. The molecule has 0 unspecified atom stereocenters. The van der Waals surface area contributed by atoms with Gasteiger partial charge in [0.25, 0.3) is 0 Å². The highest BCUT2D eigenvalue weighted by Gasteiger charge is 2.29. The normalized spacial score (nSPS) is 26.7. The first-order chi connectivity index (χ1) is 11.0. The van der Waals surface area contributed by atoms with Gasteiger partial charge in [0.1, 0.15) is 0 Å². The number of fused-ring (bicyclic) bond motifs is 1. The van der Waals surface area contributed by atoms with Gasteiger partial charge in [-0.05, 0) is 37.8 Å². The number of carbonyl (C=O) groups excluding carboxylic acids is 1. The van der Waals surface area contributed by atoms with E-state index in [4.69, 9.17) is 0 Å². The molecule has 23 heavy (non-hydrogen) atoms. The summed E-state index contributed by atoms with van der Waals surface area (Å²) in [5.41, 5.74) is 2.47. The molecular formula is C18H26N2O2S. The minimum absolute atomic E-state index is 0.0338. The Balaban J connectivity index is 1.63. The van der Waals surface area contributed by atoms with Gasteiger partial charge in [0.15, 0.2) is 0 Å². The third kappa shape index (κ3) is 3.83. The molecule has 2 aliphatic rings. The average Bonchev–Trinajstić information content (AvgIpc) is 2.93. The molecule has 4 nitrogen and oxygen atoms in total. The van der Waals surface area contributed by atoms with Gasteiger partial charge in [-0.15, -0.1) is 11.8 Å². The van der Waals surface area contributed by atoms with Crippen molar-refractivity contribution in [2.75, 3.05) is 19.3 Å². The van der Waals surface area contributed by atoms with Crippen LogP contribution in [0.2, 0.25) is 0 Å². The van der Waals surface area contributed by atoms with Gasteiger partial charge in [-0.1, -0.05) is 24.1 Å². The van der Waals surface area contributed by atoms with Crippen molar-refractivity contribution in [2.24, 2.45) is 5.92 Å². The predicted octanol–water partition coefficient (Wildman–Crippen LogP) is 3.33. The van der Waals surface area contributed by atoms with E-state index in [0.29, 0.717) is 6.54 Å². The summed E-state index contributed by atoms with van der Waals surface area (Å²) in [5.74, 6) is 1.26. The summed E-state index contributed by atoms with van der Waals surface area (Å²) in [5, 5.41) is 13.1. The zero-order valence-corrected chi connectivity index (χ0v) is 14.7. The molecule has 2 N–H and O–H groups in total. The number of aliphatic hydroxyl groups excluding tert-OH is 1. The lowest BCUT2D eigenvalue weighted by molar-refractivity contribution is 0.113. The van der Waals surface area contributed by atoms with Crippen molar-refractivity contribution in [3.05, 3.63) is 29.3 Å². The molecule has 0 spiro atoms. The Morgan fingerprint density at radius 3 is 2.96 bits per heavy atom. The first kappa shape index (κ1) is 16.7. The minimum atomic E-state index is -0.250. The van der Waals surface area contributed by atoms with Crippen LogP contribution in [0.15, 0.2) is 23.1 Å². The van der Waals surface area contributed by atoms with E-state index in [1.807, 2.05) is 18.8 Å². The Morgan fingerprint density at radius 2 is 2.22 bits per heavy atom. The quantitative estimate of drug-likeness (QED) is 0.891. The van der Waals surface area contributed by atoms with Gasteiger partial charge >= 0.3 is 6.03 Å². The van der Waals surface area contributed by atoms with E-state index < -0.39 is 0 Å². The van der Waals surface area contributed by atoms with E-state index in [0.717, 1.165) is 31.4 Å². The second-order valence-electron chi connectivity index (χ2n) is 6.82. The van der Waals surface area contributed by atoms with Crippen molar-refractivity contribution in [1.29, 1.82) is 0 Å². The van der Waals surface area contributed by atoms with E-state index in [9.17, 15) is 9.90 Å². The highest BCUT2D eigenvalue weighted by molar-refractivity contribution is 7.99. The number of thioether (sulfide) groups is 1. The first-order valence-corrected chi connectivity index (χ1v) is 9.46. The fourth-order valence-electron chi connectivity index (χ4n) is 3.59. The van der Waals surface area contributed by atoms with Crippen LogP contribution in [-0.4, -0.2) is 41.5 Å². The number of hydrogen-bond donors (Lipinski definition) is 2. The van der Waals surface area contributed by atoms with Crippen LogP contribution in [0, 0.1) is 12.8 Å². The molecule has 1 aromatic rings. The zero-order chi connectivity index (χ0) is 16.4. The Kier molecular flexibility index (Phi) is 5.17. The van der Waals surface area contributed by atoms with Gasteiger partial charge in [0.05, 0.1) is 12.1 Å². The molecule has 1 aliphatic heterocycles. The molecule has 0 saturated heterocycles. The summed E-state index contributed by atoms with van der Waals surface area (Å²) in [6, 6.07) is 6.53. The van der Waals surface area contributed by atoms with Crippen molar-refractivity contribution >= 4 is 17.8 Å². The van der Waals surface area contributed by atoms with Gasteiger partial charge in [0.2, 0.25) is 0 Å². The van der Waals surface area contributed by atoms with Gasteiger partial charge < -0.3 is 15.3 Å². The number of carbonyl (C=O) groups is 1. The fourth-order valence-corrected chi connectivity index (χ4v) is 4.69. The first-order valence-electron chi connectivity index (χ1n) is 8.47. The highest BCUT2D eigenvalue weighted by atomic mass is 32.2. The van der Waals surface area contributed by atoms with Crippen LogP contribution in [-0.2, 0) is 0 Å². The van der Waals surface area contributed by atoms with Crippen molar-refractivity contribution in [3.63, 3.8) is 0 Å². The van der Waals surface area contributed by atoms with Crippen LogP contribution in [0.4, 0.5) is 4.79 Å². The predicted molar refractivity (Wildman–Crippen MR) is 93.8 cm³/mol. The highest BCUT2D eigenvalue weighted by Crippen LogP contribution is 2.36. The Hall–Kier alpha value is -1.20. The third-order valence-electron chi connectivity index (χ3n) is 4.98. The number of hydrogen-bond acceptors (Lipinski definition) is 3. The number of aryl methyl sites for hydroxylation is 1. The van der Waals surface area contributed by atoms with E-state index in [1.54, 1.807) is 4.90 Å². The molecule has 2 amide bonds. The number of aliphatic hydroxyl groups is 1.